The van der Waals surface area contributed by atoms with Crippen LogP contribution in [0.5, 0.6) is 5.75 Å². The molecule has 0 saturated carbocycles. The van der Waals surface area contributed by atoms with E-state index in [-0.39, 0.29) is 5.56 Å². The van der Waals surface area contributed by atoms with Crippen LogP contribution >= 0.6 is 0 Å². The Morgan fingerprint density at radius 2 is 1.48 bits per heavy atom. The average Bonchev–Trinajstić information content (AvgIpc) is 2.32. The fraction of sp³-hybridized carbons (Fsp3) is 0.538. The number of hydrogen-bond acceptors (Lipinski definition) is 3. The number of ether oxygens (including phenoxy) is 1. The van der Waals surface area contributed by atoms with Gasteiger partial charge in [0.1, 0.15) is 10.5 Å². The summed E-state index contributed by atoms with van der Waals surface area (Å²) in [5.74, 6) is -0.640. The van der Waals surface area contributed by atoms with E-state index >= 15 is 0 Å². The van der Waals surface area contributed by atoms with Gasteiger partial charge < -0.3 is 9.29 Å². The number of halogens is 6. The third-order valence-corrected chi connectivity index (χ3v) is 4.12. The Morgan fingerprint density at radius 3 is 1.83 bits per heavy atom. The molecule has 23 heavy (non-hydrogen) atoms. The van der Waals surface area contributed by atoms with Crippen molar-refractivity contribution in [2.24, 2.45) is 0 Å². The van der Waals surface area contributed by atoms with E-state index in [1.54, 1.807) is 0 Å². The van der Waals surface area contributed by atoms with E-state index in [4.69, 9.17) is 0 Å². The third kappa shape index (κ3) is 6.48. The minimum absolute atomic E-state index is 0.371. The van der Waals surface area contributed by atoms with Crippen LogP contribution in [0.4, 0.5) is 26.3 Å². The van der Waals surface area contributed by atoms with Gasteiger partial charge in [0.2, 0.25) is 0 Å². The van der Waals surface area contributed by atoms with E-state index in [1.165, 1.54) is 20.8 Å². The van der Waals surface area contributed by atoms with Crippen molar-refractivity contribution in [1.29, 1.82) is 0 Å². The second-order valence-electron chi connectivity index (χ2n) is 5.59. The molecule has 0 radical (unpaired) electrons. The third-order valence-electron chi connectivity index (χ3n) is 2.56. The van der Waals surface area contributed by atoms with Crippen molar-refractivity contribution >= 4 is 11.4 Å². The molecule has 1 aromatic carbocycles. The first-order valence-electron chi connectivity index (χ1n) is 6.30. The maximum Gasteiger partial charge on any atom is 0.573 e. The predicted octanol–water partition coefficient (Wildman–Crippen LogP) is 4.24. The zero-order valence-electron chi connectivity index (χ0n) is 12.4. The van der Waals surface area contributed by atoms with Crippen molar-refractivity contribution in [3.8, 4) is 5.75 Å². The van der Waals surface area contributed by atoms with Gasteiger partial charge in [-0.3, -0.25) is 0 Å². The van der Waals surface area contributed by atoms with Crippen LogP contribution in [0.2, 0.25) is 0 Å². The molecule has 1 N–H and O–H groups in total. The van der Waals surface area contributed by atoms with Gasteiger partial charge >= 0.3 is 12.5 Å². The molecule has 2 unspecified atom stereocenters. The highest BCUT2D eigenvalue weighted by atomic mass is 32.2. The van der Waals surface area contributed by atoms with Crippen LogP contribution in [0.25, 0.3) is 0 Å². The van der Waals surface area contributed by atoms with E-state index in [9.17, 15) is 30.9 Å². The van der Waals surface area contributed by atoms with Crippen molar-refractivity contribution in [3.63, 3.8) is 0 Å². The maximum absolute atomic E-state index is 13.1. The van der Waals surface area contributed by atoms with Gasteiger partial charge in [-0.1, -0.05) is 12.1 Å². The zero-order chi connectivity index (χ0) is 18.1. The average molecular weight is 363 g/mol. The molecule has 0 aliphatic heterocycles. The number of alkyl halides is 6. The molecule has 1 rings (SSSR count). The minimum Gasteiger partial charge on any atom is -0.598 e. The first-order chi connectivity index (χ1) is 10.2. The molecular weight excluding hydrogens is 348 g/mol. The number of hydrogen-bond donors (Lipinski definition) is 1. The van der Waals surface area contributed by atoms with E-state index in [1.807, 2.05) is 4.72 Å². The predicted molar refractivity (Wildman–Crippen MR) is 73.0 cm³/mol. The molecular formula is C13H15F6NO2S. The summed E-state index contributed by atoms with van der Waals surface area (Å²) in [4.78, 5) is 0. The maximum atomic E-state index is 13.1. The highest BCUT2D eigenvalue weighted by Gasteiger charge is 2.45. The Kier molecular flexibility index (Phi) is 5.87. The van der Waals surface area contributed by atoms with E-state index < -0.39 is 40.4 Å². The van der Waals surface area contributed by atoms with Gasteiger partial charge in [0.15, 0.2) is 6.04 Å². The van der Waals surface area contributed by atoms with Crippen LogP contribution in [-0.2, 0) is 11.4 Å². The van der Waals surface area contributed by atoms with Crippen molar-refractivity contribution in [1.82, 2.24) is 4.72 Å². The molecule has 2 atom stereocenters. The fourth-order valence-corrected chi connectivity index (χ4v) is 2.31. The first kappa shape index (κ1) is 19.9. The van der Waals surface area contributed by atoms with E-state index in [2.05, 4.69) is 4.74 Å². The Bertz CT molecular complexity index is 509. The molecule has 0 spiro atoms. The van der Waals surface area contributed by atoms with Crippen molar-refractivity contribution in [3.05, 3.63) is 29.8 Å². The first-order valence-corrected chi connectivity index (χ1v) is 7.45. The Balaban J connectivity index is 3.01. The summed E-state index contributed by atoms with van der Waals surface area (Å²) in [7, 11) is 0. The number of rotatable bonds is 4. The standard InChI is InChI=1S/C13H15F6NO2S/c1-11(2,3)23(21)20-10(12(14,15)16)8-4-6-9(7-5-8)22-13(17,18)19/h4-7,10,20H,1-3H3. The molecule has 0 aliphatic carbocycles. The van der Waals surface area contributed by atoms with Gasteiger partial charge in [-0.2, -0.15) is 13.2 Å². The molecule has 0 aliphatic rings. The summed E-state index contributed by atoms with van der Waals surface area (Å²) in [6, 6.07) is 0.938. The lowest BCUT2D eigenvalue weighted by Crippen LogP contribution is -2.45. The molecule has 0 amide bonds. The van der Waals surface area contributed by atoms with E-state index in [0.29, 0.717) is 0 Å². The van der Waals surface area contributed by atoms with Crippen LogP contribution in [0.15, 0.2) is 24.3 Å². The quantitative estimate of drug-likeness (QED) is 0.643. The smallest absolute Gasteiger partial charge is 0.573 e. The number of nitrogens with one attached hydrogen (secondary N) is 1. The molecule has 10 heteroatoms. The fourth-order valence-electron chi connectivity index (χ4n) is 1.47. The summed E-state index contributed by atoms with van der Waals surface area (Å²) < 4.78 is 92.0. The molecule has 0 saturated heterocycles. The van der Waals surface area contributed by atoms with Crippen molar-refractivity contribution < 1.29 is 35.6 Å². The Labute approximate surface area is 132 Å². The molecule has 0 heterocycles. The summed E-state index contributed by atoms with van der Waals surface area (Å²) >= 11 is -2.02. The summed E-state index contributed by atoms with van der Waals surface area (Å²) in [6.07, 6.45) is -9.70. The highest BCUT2D eigenvalue weighted by molar-refractivity contribution is 7.90. The summed E-state index contributed by atoms with van der Waals surface area (Å²) in [5, 5.41) is 0. The zero-order valence-corrected chi connectivity index (χ0v) is 13.2. The molecule has 132 valence electrons. The second-order valence-corrected chi connectivity index (χ2v) is 7.59. The Morgan fingerprint density at radius 1 is 1.00 bits per heavy atom. The molecule has 0 bridgehead atoms. The van der Waals surface area contributed by atoms with Gasteiger partial charge in [-0.15, -0.1) is 17.9 Å². The number of benzene rings is 1. The molecule has 0 fully saturated rings. The molecule has 0 aromatic heterocycles. The van der Waals surface area contributed by atoms with Crippen LogP contribution in [-0.4, -0.2) is 21.8 Å². The normalized spacial score (nSPS) is 16.1. The van der Waals surface area contributed by atoms with Gasteiger partial charge in [0.25, 0.3) is 0 Å². The lowest BCUT2D eigenvalue weighted by molar-refractivity contribution is -0.274. The Hall–Kier alpha value is -1.13. The summed E-state index contributed by atoms with van der Waals surface area (Å²) in [6.45, 7) is 4.47. The van der Waals surface area contributed by atoms with Crippen LogP contribution in [0, 0.1) is 0 Å². The molecule has 1 aromatic rings. The topological polar surface area (TPSA) is 44.3 Å². The van der Waals surface area contributed by atoms with Gasteiger partial charge in [0, 0.05) is 11.4 Å². The SMILES string of the molecule is CC(C)(C)[S+]([O-])NC(c1ccc(OC(F)(F)F)cc1)C(F)(F)F. The second kappa shape index (κ2) is 6.78. The van der Waals surface area contributed by atoms with Crippen molar-refractivity contribution in [2.45, 2.75) is 44.1 Å². The van der Waals surface area contributed by atoms with Gasteiger partial charge in [0.05, 0.1) is 0 Å². The van der Waals surface area contributed by atoms with Gasteiger partial charge in [-0.25, -0.2) is 0 Å². The van der Waals surface area contributed by atoms with Crippen molar-refractivity contribution in [2.75, 3.05) is 0 Å². The molecule has 3 nitrogen and oxygen atoms in total. The van der Waals surface area contributed by atoms with Crippen LogP contribution in [0.3, 0.4) is 0 Å². The van der Waals surface area contributed by atoms with Crippen LogP contribution < -0.4 is 9.46 Å². The minimum atomic E-state index is -4.93. The van der Waals surface area contributed by atoms with Crippen LogP contribution in [0.1, 0.15) is 32.4 Å². The highest BCUT2D eigenvalue weighted by Crippen LogP contribution is 2.35. The lowest BCUT2D eigenvalue weighted by atomic mass is 10.1. The lowest BCUT2D eigenvalue weighted by Gasteiger charge is -2.29. The monoisotopic (exact) mass is 363 g/mol. The largest absolute Gasteiger partial charge is 0.598 e. The summed E-state index contributed by atoms with van der Waals surface area (Å²) in [5.41, 5.74) is -0.371. The van der Waals surface area contributed by atoms with E-state index in [0.717, 1.165) is 24.3 Å². The van der Waals surface area contributed by atoms with Gasteiger partial charge in [-0.05, 0) is 38.5 Å².